The van der Waals surface area contributed by atoms with Crippen molar-refractivity contribution in [2.24, 2.45) is 5.92 Å². The predicted octanol–water partition coefficient (Wildman–Crippen LogP) is 2.63. The summed E-state index contributed by atoms with van der Waals surface area (Å²) in [5.74, 6) is 0.678. The van der Waals surface area contributed by atoms with Gasteiger partial charge in [0.1, 0.15) is 0 Å². The lowest BCUT2D eigenvalue weighted by Crippen LogP contribution is -2.38. The highest BCUT2D eigenvalue weighted by atomic mass is 16.3. The third-order valence-corrected chi connectivity index (χ3v) is 5.41. The normalized spacial score (nSPS) is 24.1. The molecule has 1 aromatic rings. The maximum absolute atomic E-state index is 12.1. The van der Waals surface area contributed by atoms with Crippen molar-refractivity contribution in [2.75, 3.05) is 13.1 Å². The second kappa shape index (κ2) is 8.68. The van der Waals surface area contributed by atoms with Crippen LogP contribution in [0.3, 0.4) is 0 Å². The number of carbonyl (C=O) groups excluding carboxylic acids is 1. The molecule has 5 nitrogen and oxygen atoms in total. The predicted molar refractivity (Wildman–Crippen MR) is 99.1 cm³/mol. The number of aliphatic hydroxyl groups excluding tert-OH is 1. The summed E-state index contributed by atoms with van der Waals surface area (Å²) >= 11 is 0. The number of urea groups is 1. The first-order valence-electron chi connectivity index (χ1n) is 9.67. The van der Waals surface area contributed by atoms with Crippen LogP contribution in [0.15, 0.2) is 24.3 Å². The Morgan fingerprint density at radius 1 is 1.24 bits per heavy atom. The van der Waals surface area contributed by atoms with Gasteiger partial charge in [0.2, 0.25) is 0 Å². The molecule has 2 amide bonds. The lowest BCUT2D eigenvalue weighted by molar-refractivity contribution is 0.0791. The molecule has 0 spiro atoms. The summed E-state index contributed by atoms with van der Waals surface area (Å²) in [5.41, 5.74) is 2.43. The Morgan fingerprint density at radius 2 is 1.96 bits per heavy atom. The lowest BCUT2D eigenvalue weighted by atomic mass is 10.0. The van der Waals surface area contributed by atoms with Gasteiger partial charge in [0.25, 0.3) is 0 Å². The molecule has 1 aliphatic heterocycles. The third kappa shape index (κ3) is 5.44. The number of amides is 2. The average Bonchev–Trinajstić information content (AvgIpc) is 3.34. The molecule has 3 rings (SSSR count). The van der Waals surface area contributed by atoms with Crippen LogP contribution in [-0.2, 0) is 13.1 Å². The molecule has 25 heavy (non-hydrogen) atoms. The Morgan fingerprint density at radius 3 is 2.68 bits per heavy atom. The molecule has 1 saturated heterocycles. The standard InChI is InChI=1S/C20H31N3O2/c1-2-5-15-12-19(15)22-20(25)21-13-16-6-3-4-7-17(16)14-23-10-8-18(24)9-11-23/h3-4,6-7,15,18-19,24H,2,5,8-14H2,1H3,(H2,21,22,25). The first-order valence-corrected chi connectivity index (χ1v) is 9.67. The second-order valence-electron chi connectivity index (χ2n) is 7.49. The number of piperidine rings is 1. The van der Waals surface area contributed by atoms with Crippen LogP contribution in [0.1, 0.15) is 50.2 Å². The SMILES string of the molecule is CCCC1CC1NC(=O)NCc1ccccc1CN1CCC(O)CC1. The van der Waals surface area contributed by atoms with E-state index in [0.29, 0.717) is 18.5 Å². The van der Waals surface area contributed by atoms with Crippen molar-refractivity contribution in [3.8, 4) is 0 Å². The van der Waals surface area contributed by atoms with Gasteiger partial charge in [-0.3, -0.25) is 4.90 Å². The molecule has 1 aliphatic carbocycles. The Labute approximate surface area is 150 Å². The number of hydrogen-bond donors (Lipinski definition) is 3. The summed E-state index contributed by atoms with van der Waals surface area (Å²) < 4.78 is 0. The van der Waals surface area contributed by atoms with Crippen LogP contribution in [0.5, 0.6) is 0 Å². The number of hydrogen-bond acceptors (Lipinski definition) is 3. The number of aliphatic hydroxyl groups is 1. The molecular weight excluding hydrogens is 314 g/mol. The maximum Gasteiger partial charge on any atom is 0.315 e. The van der Waals surface area contributed by atoms with E-state index < -0.39 is 0 Å². The Hall–Kier alpha value is -1.59. The first-order chi connectivity index (χ1) is 12.2. The molecule has 1 heterocycles. The highest BCUT2D eigenvalue weighted by molar-refractivity contribution is 5.74. The fraction of sp³-hybridized carbons (Fsp3) is 0.650. The van der Waals surface area contributed by atoms with Crippen molar-refractivity contribution in [3.63, 3.8) is 0 Å². The van der Waals surface area contributed by atoms with E-state index in [1.807, 2.05) is 6.07 Å². The summed E-state index contributed by atoms with van der Waals surface area (Å²) in [7, 11) is 0. The Balaban J connectivity index is 1.47. The van der Waals surface area contributed by atoms with Crippen LogP contribution in [-0.4, -0.2) is 41.3 Å². The maximum atomic E-state index is 12.1. The Kier molecular flexibility index (Phi) is 6.32. The molecule has 2 aliphatic rings. The van der Waals surface area contributed by atoms with E-state index >= 15 is 0 Å². The largest absolute Gasteiger partial charge is 0.393 e. The Bertz CT molecular complexity index is 570. The van der Waals surface area contributed by atoms with Crippen molar-refractivity contribution < 1.29 is 9.90 Å². The molecule has 2 atom stereocenters. The van der Waals surface area contributed by atoms with Crippen LogP contribution in [0.25, 0.3) is 0 Å². The van der Waals surface area contributed by atoms with Gasteiger partial charge in [0.15, 0.2) is 0 Å². The zero-order chi connectivity index (χ0) is 17.6. The van der Waals surface area contributed by atoms with Crippen molar-refractivity contribution >= 4 is 6.03 Å². The number of benzene rings is 1. The van der Waals surface area contributed by atoms with Crippen LogP contribution in [0, 0.1) is 5.92 Å². The van der Waals surface area contributed by atoms with Gasteiger partial charge >= 0.3 is 6.03 Å². The van der Waals surface area contributed by atoms with Crippen molar-refractivity contribution in [1.82, 2.24) is 15.5 Å². The quantitative estimate of drug-likeness (QED) is 0.712. The molecule has 2 fully saturated rings. The molecule has 3 N–H and O–H groups in total. The topological polar surface area (TPSA) is 64.6 Å². The van der Waals surface area contributed by atoms with Gasteiger partial charge in [0.05, 0.1) is 6.10 Å². The summed E-state index contributed by atoms with van der Waals surface area (Å²) in [6.07, 6.45) is 5.07. The molecule has 5 heteroatoms. The minimum absolute atomic E-state index is 0.0560. The molecule has 1 aromatic carbocycles. The van der Waals surface area contributed by atoms with E-state index in [-0.39, 0.29) is 12.1 Å². The summed E-state index contributed by atoms with van der Waals surface area (Å²) in [6.45, 7) is 5.50. The number of carbonyl (C=O) groups is 1. The summed E-state index contributed by atoms with van der Waals surface area (Å²) in [5, 5.41) is 15.7. The van der Waals surface area contributed by atoms with Crippen molar-refractivity contribution in [2.45, 2.75) is 64.3 Å². The minimum atomic E-state index is -0.143. The van der Waals surface area contributed by atoms with E-state index in [2.05, 4.69) is 40.7 Å². The fourth-order valence-electron chi connectivity index (χ4n) is 3.71. The molecule has 0 bridgehead atoms. The van der Waals surface area contributed by atoms with Gasteiger partial charge in [-0.05, 0) is 42.7 Å². The summed E-state index contributed by atoms with van der Waals surface area (Å²) in [6, 6.07) is 8.62. The van der Waals surface area contributed by atoms with E-state index in [9.17, 15) is 9.90 Å². The van der Waals surface area contributed by atoms with Gasteiger partial charge in [-0.15, -0.1) is 0 Å². The van der Waals surface area contributed by atoms with E-state index in [4.69, 9.17) is 0 Å². The number of rotatable bonds is 7. The van der Waals surface area contributed by atoms with Crippen LogP contribution in [0.4, 0.5) is 4.79 Å². The zero-order valence-corrected chi connectivity index (χ0v) is 15.2. The molecule has 0 aromatic heterocycles. The van der Waals surface area contributed by atoms with Gasteiger partial charge in [-0.2, -0.15) is 0 Å². The lowest BCUT2D eigenvalue weighted by Gasteiger charge is -2.30. The van der Waals surface area contributed by atoms with Gasteiger partial charge in [-0.1, -0.05) is 37.6 Å². The van der Waals surface area contributed by atoms with E-state index in [1.54, 1.807) is 0 Å². The smallest absolute Gasteiger partial charge is 0.315 e. The average molecular weight is 345 g/mol. The fourth-order valence-corrected chi connectivity index (χ4v) is 3.71. The number of nitrogens with zero attached hydrogens (tertiary/aromatic N) is 1. The number of nitrogens with one attached hydrogen (secondary N) is 2. The molecule has 138 valence electrons. The van der Waals surface area contributed by atoms with Crippen molar-refractivity contribution in [1.29, 1.82) is 0 Å². The van der Waals surface area contributed by atoms with E-state index in [1.165, 1.54) is 24.0 Å². The number of likely N-dealkylation sites (tertiary alicyclic amines) is 1. The van der Waals surface area contributed by atoms with Crippen LogP contribution < -0.4 is 10.6 Å². The van der Waals surface area contributed by atoms with E-state index in [0.717, 1.165) is 38.9 Å². The highest BCUT2D eigenvalue weighted by Gasteiger charge is 2.37. The van der Waals surface area contributed by atoms with Crippen LogP contribution >= 0.6 is 0 Å². The van der Waals surface area contributed by atoms with Crippen molar-refractivity contribution in [3.05, 3.63) is 35.4 Å². The monoisotopic (exact) mass is 345 g/mol. The molecule has 2 unspecified atom stereocenters. The van der Waals surface area contributed by atoms with Gasteiger partial charge in [-0.25, -0.2) is 4.79 Å². The molecule has 1 saturated carbocycles. The van der Waals surface area contributed by atoms with Gasteiger partial charge < -0.3 is 15.7 Å². The third-order valence-electron chi connectivity index (χ3n) is 5.41. The molecular formula is C20H31N3O2. The highest BCUT2D eigenvalue weighted by Crippen LogP contribution is 2.34. The van der Waals surface area contributed by atoms with Crippen LogP contribution in [0.2, 0.25) is 0 Å². The summed E-state index contributed by atoms with van der Waals surface area (Å²) in [4.78, 5) is 14.5. The van der Waals surface area contributed by atoms with Gasteiger partial charge in [0, 0.05) is 32.2 Å². The molecule has 0 radical (unpaired) electrons. The second-order valence-corrected chi connectivity index (χ2v) is 7.49. The first kappa shape index (κ1) is 18.2. The minimum Gasteiger partial charge on any atom is -0.393 e. The zero-order valence-electron chi connectivity index (χ0n) is 15.2.